The summed E-state index contributed by atoms with van der Waals surface area (Å²) in [6.45, 7) is 0. The van der Waals surface area contributed by atoms with Crippen molar-refractivity contribution in [2.45, 2.75) is 6.43 Å². The van der Waals surface area contributed by atoms with E-state index < -0.39 is 6.43 Å². The molecule has 0 aliphatic heterocycles. The van der Waals surface area contributed by atoms with E-state index in [4.69, 9.17) is 0 Å². The van der Waals surface area contributed by atoms with Gasteiger partial charge in [-0.15, -0.1) is 0 Å². The Bertz CT molecular complexity index is 481. The van der Waals surface area contributed by atoms with Crippen LogP contribution in [0.1, 0.15) is 12.0 Å². The van der Waals surface area contributed by atoms with Gasteiger partial charge in [0.15, 0.2) is 5.06 Å². The molecule has 1 aromatic heterocycles. The molecule has 1 aromatic carbocycles. The maximum Gasteiger partial charge on any atom is 0.264 e. The van der Waals surface area contributed by atoms with E-state index in [9.17, 15) is 13.9 Å². The number of benzene rings is 1. The molecule has 5 heteroatoms. The first-order valence-electron chi connectivity index (χ1n) is 3.78. The van der Waals surface area contributed by atoms with E-state index in [1.54, 1.807) is 6.07 Å². The quantitative estimate of drug-likeness (QED) is 0.781. The number of fused-ring (bicyclic) bond motifs is 1. The average Bonchev–Trinajstić information content (AvgIpc) is 2.47. The Morgan fingerprint density at radius 1 is 1.36 bits per heavy atom. The Morgan fingerprint density at radius 3 is 2.71 bits per heavy atom. The maximum atomic E-state index is 12.6. The lowest BCUT2D eigenvalue weighted by Gasteiger charge is -2.01. The van der Waals surface area contributed by atoms with E-state index in [0.29, 0.717) is 5.39 Å². The topological polar surface area (TPSA) is 20.2 Å². The van der Waals surface area contributed by atoms with Crippen molar-refractivity contribution in [3.63, 3.8) is 0 Å². The van der Waals surface area contributed by atoms with Gasteiger partial charge in [0.2, 0.25) is 0 Å². The summed E-state index contributed by atoms with van der Waals surface area (Å²) < 4.78 is 26.7. The summed E-state index contributed by atoms with van der Waals surface area (Å²) in [4.78, 5) is 0. The van der Waals surface area contributed by atoms with Gasteiger partial charge in [0.1, 0.15) is 0 Å². The van der Waals surface area contributed by atoms with E-state index in [-0.39, 0.29) is 10.6 Å². The van der Waals surface area contributed by atoms with Gasteiger partial charge in [0.25, 0.3) is 6.43 Å². The third-order valence-electron chi connectivity index (χ3n) is 1.89. The zero-order valence-electron chi connectivity index (χ0n) is 6.80. The van der Waals surface area contributed by atoms with Crippen LogP contribution in [0.5, 0.6) is 5.06 Å². The van der Waals surface area contributed by atoms with Crippen molar-refractivity contribution in [3.05, 3.63) is 27.3 Å². The number of aromatic hydroxyl groups is 1. The third kappa shape index (κ3) is 1.58. The number of alkyl halides is 2. The molecule has 0 aliphatic carbocycles. The molecule has 0 fully saturated rings. The van der Waals surface area contributed by atoms with Gasteiger partial charge in [-0.3, -0.25) is 0 Å². The maximum absolute atomic E-state index is 12.6. The Kier molecular flexibility index (Phi) is 2.61. The zero-order valence-corrected chi connectivity index (χ0v) is 9.77. The molecular weight excluding hydrogens is 321 g/mol. The molecule has 0 aliphatic rings. The number of thiophene rings is 1. The lowest BCUT2D eigenvalue weighted by atomic mass is 10.1. The van der Waals surface area contributed by atoms with Crippen molar-refractivity contribution in [2.24, 2.45) is 0 Å². The van der Waals surface area contributed by atoms with Crippen LogP contribution in [0.15, 0.2) is 18.2 Å². The van der Waals surface area contributed by atoms with Gasteiger partial charge >= 0.3 is 0 Å². The first kappa shape index (κ1) is 10.1. The summed E-state index contributed by atoms with van der Waals surface area (Å²) in [7, 11) is 0. The second kappa shape index (κ2) is 3.62. The minimum absolute atomic E-state index is 0.0167. The first-order chi connectivity index (χ1) is 6.59. The molecule has 74 valence electrons. The Hall–Kier alpha value is -0.430. The Balaban J connectivity index is 2.81. The van der Waals surface area contributed by atoms with Crippen molar-refractivity contribution in [1.29, 1.82) is 0 Å². The summed E-state index contributed by atoms with van der Waals surface area (Å²) in [5.74, 6) is 0. The van der Waals surface area contributed by atoms with Crippen molar-refractivity contribution < 1.29 is 13.9 Å². The van der Waals surface area contributed by atoms with Gasteiger partial charge in [-0.2, -0.15) is 0 Å². The van der Waals surface area contributed by atoms with Crippen molar-refractivity contribution in [1.82, 2.24) is 0 Å². The van der Waals surface area contributed by atoms with Crippen molar-refractivity contribution in [3.8, 4) is 5.06 Å². The van der Waals surface area contributed by atoms with Gasteiger partial charge < -0.3 is 5.11 Å². The van der Waals surface area contributed by atoms with Crippen molar-refractivity contribution in [2.75, 3.05) is 0 Å². The molecule has 0 radical (unpaired) electrons. The van der Waals surface area contributed by atoms with Gasteiger partial charge in [-0.1, -0.05) is 17.4 Å². The summed E-state index contributed by atoms with van der Waals surface area (Å²) >= 11 is 3.19. The second-order valence-electron chi connectivity index (χ2n) is 2.76. The van der Waals surface area contributed by atoms with Gasteiger partial charge in [-0.05, 0) is 34.7 Å². The van der Waals surface area contributed by atoms with E-state index >= 15 is 0 Å². The van der Waals surface area contributed by atoms with Crippen LogP contribution in [-0.2, 0) is 0 Å². The molecule has 0 spiro atoms. The smallest absolute Gasteiger partial charge is 0.264 e. The molecule has 1 N–H and O–H groups in total. The second-order valence-corrected chi connectivity index (χ2v) is 4.96. The fraction of sp³-hybridized carbons (Fsp3) is 0.111. The van der Waals surface area contributed by atoms with Crippen LogP contribution in [0.4, 0.5) is 8.78 Å². The molecule has 0 saturated heterocycles. The highest BCUT2D eigenvalue weighted by atomic mass is 127. The fourth-order valence-electron chi connectivity index (χ4n) is 1.29. The van der Waals surface area contributed by atoms with E-state index in [2.05, 4.69) is 22.6 Å². The molecule has 0 atom stereocenters. The molecule has 1 nitrogen and oxygen atoms in total. The van der Waals surface area contributed by atoms with Gasteiger partial charge in [-0.25, -0.2) is 8.78 Å². The van der Waals surface area contributed by atoms with Crippen LogP contribution >= 0.6 is 33.9 Å². The molecule has 2 rings (SSSR count). The normalized spacial score (nSPS) is 11.4. The molecule has 1 heterocycles. The lowest BCUT2D eigenvalue weighted by molar-refractivity contribution is 0.153. The molecule has 0 bridgehead atoms. The summed E-state index contributed by atoms with van der Waals surface area (Å²) in [5, 5.41) is 9.79. The van der Waals surface area contributed by atoms with Crippen molar-refractivity contribution >= 4 is 44.0 Å². The van der Waals surface area contributed by atoms with E-state index in [0.717, 1.165) is 19.6 Å². The molecule has 14 heavy (non-hydrogen) atoms. The predicted octanol–water partition coefficient (Wildman–Crippen LogP) is 4.15. The molecule has 0 saturated carbocycles. The van der Waals surface area contributed by atoms with Gasteiger partial charge in [0, 0.05) is 14.5 Å². The molecule has 0 unspecified atom stereocenters. The average molecular weight is 326 g/mol. The Morgan fingerprint density at radius 2 is 2.07 bits per heavy atom. The summed E-state index contributed by atoms with van der Waals surface area (Å²) in [5.41, 5.74) is -0.0167. The zero-order chi connectivity index (χ0) is 10.3. The predicted molar refractivity (Wildman–Crippen MR) is 61.2 cm³/mol. The van der Waals surface area contributed by atoms with Crippen LogP contribution in [0.25, 0.3) is 10.1 Å². The fourth-order valence-corrected chi connectivity index (χ4v) is 2.93. The molecule has 2 aromatic rings. The highest BCUT2D eigenvalue weighted by molar-refractivity contribution is 14.1. The Labute approximate surface area is 96.5 Å². The largest absolute Gasteiger partial charge is 0.499 e. The highest BCUT2D eigenvalue weighted by Crippen LogP contribution is 2.38. The standard InChI is InChI=1S/C9H5F2IOS/c10-9(11)4-1-2-6(12)8-5(4)3-7(13)14-8/h1-3,9,13H. The van der Waals surface area contributed by atoms with Gasteiger partial charge in [0.05, 0.1) is 4.70 Å². The molecular formula is C9H5F2IOS. The number of halogens is 3. The summed E-state index contributed by atoms with van der Waals surface area (Å²) in [6, 6.07) is 4.44. The monoisotopic (exact) mass is 326 g/mol. The minimum Gasteiger partial charge on any atom is -0.499 e. The number of rotatable bonds is 1. The number of hydrogen-bond donors (Lipinski definition) is 1. The minimum atomic E-state index is -2.50. The van der Waals surface area contributed by atoms with E-state index in [1.807, 2.05) is 0 Å². The van der Waals surface area contributed by atoms with Crippen LogP contribution in [0.2, 0.25) is 0 Å². The SMILES string of the molecule is Oc1cc2c(C(F)F)ccc(I)c2s1. The summed E-state index contributed by atoms with van der Waals surface area (Å²) in [6.07, 6.45) is -2.50. The number of hydrogen-bond acceptors (Lipinski definition) is 2. The van der Waals surface area contributed by atoms with Crippen LogP contribution < -0.4 is 0 Å². The van der Waals surface area contributed by atoms with E-state index in [1.165, 1.54) is 12.1 Å². The van der Waals surface area contributed by atoms with Crippen LogP contribution in [-0.4, -0.2) is 5.11 Å². The highest BCUT2D eigenvalue weighted by Gasteiger charge is 2.15. The van der Waals surface area contributed by atoms with Crippen LogP contribution in [0.3, 0.4) is 0 Å². The first-order valence-corrected chi connectivity index (χ1v) is 5.68. The van der Waals surface area contributed by atoms with Crippen LogP contribution in [0, 0.1) is 3.57 Å². The third-order valence-corrected chi connectivity index (χ3v) is 4.13. The lowest BCUT2D eigenvalue weighted by Crippen LogP contribution is -1.85. The molecule has 0 amide bonds.